The summed E-state index contributed by atoms with van der Waals surface area (Å²) in [4.78, 5) is 25.7. The van der Waals surface area contributed by atoms with Crippen LogP contribution in [-0.4, -0.2) is 32.1 Å². The number of nitro groups is 1. The molecule has 0 amide bonds. The molecule has 0 atom stereocenters. The maximum atomic E-state index is 11.6. The molecule has 0 spiro atoms. The number of aryl methyl sites for hydroxylation is 1. The lowest BCUT2D eigenvalue weighted by Gasteiger charge is -2.07. The Balaban J connectivity index is 1.64. The van der Waals surface area contributed by atoms with Crippen LogP contribution in [0.5, 0.6) is 0 Å². The SMILES string of the molecule is N#Cc1ccc(-c2cn(CCCNc3ccc([N+](=O)[O-])c(N)n3)cc2C(=O)O)cc1. The second-order valence-electron chi connectivity index (χ2n) is 6.46. The molecule has 4 N–H and O–H groups in total. The summed E-state index contributed by atoms with van der Waals surface area (Å²) in [5, 5.41) is 32.2. The summed E-state index contributed by atoms with van der Waals surface area (Å²) in [5.41, 5.74) is 7.29. The van der Waals surface area contributed by atoms with Crippen LogP contribution in [0.15, 0.2) is 48.8 Å². The van der Waals surface area contributed by atoms with Gasteiger partial charge in [0.15, 0.2) is 0 Å². The average Bonchev–Trinajstić information content (AvgIpc) is 3.15. The van der Waals surface area contributed by atoms with E-state index in [1.807, 2.05) is 6.07 Å². The maximum absolute atomic E-state index is 11.6. The summed E-state index contributed by atoms with van der Waals surface area (Å²) in [7, 11) is 0. The molecule has 0 saturated carbocycles. The van der Waals surface area contributed by atoms with Gasteiger partial charge in [0.1, 0.15) is 5.82 Å². The van der Waals surface area contributed by atoms with Crippen molar-refractivity contribution < 1.29 is 14.8 Å². The van der Waals surface area contributed by atoms with Crippen LogP contribution >= 0.6 is 0 Å². The van der Waals surface area contributed by atoms with Crippen molar-refractivity contribution in [3.8, 4) is 17.2 Å². The van der Waals surface area contributed by atoms with Crippen LogP contribution in [0, 0.1) is 21.4 Å². The minimum absolute atomic E-state index is 0.159. The van der Waals surface area contributed by atoms with E-state index in [1.165, 1.54) is 12.1 Å². The molecular weight excluding hydrogens is 388 g/mol. The molecule has 1 aromatic carbocycles. The molecule has 0 unspecified atom stereocenters. The van der Waals surface area contributed by atoms with Crippen LogP contribution in [0.25, 0.3) is 11.1 Å². The Hall–Kier alpha value is -4.39. The summed E-state index contributed by atoms with van der Waals surface area (Å²) < 4.78 is 1.79. The molecule has 3 rings (SSSR count). The van der Waals surface area contributed by atoms with Gasteiger partial charge in [0.2, 0.25) is 5.82 Å². The van der Waals surface area contributed by atoms with E-state index in [1.54, 1.807) is 41.2 Å². The number of aromatic nitrogens is 2. The van der Waals surface area contributed by atoms with E-state index in [0.717, 1.165) is 0 Å². The highest BCUT2D eigenvalue weighted by atomic mass is 16.6. The van der Waals surface area contributed by atoms with Crippen LogP contribution in [0.1, 0.15) is 22.3 Å². The number of carboxylic acid groups (broad SMARTS) is 1. The van der Waals surface area contributed by atoms with Gasteiger partial charge >= 0.3 is 11.7 Å². The second-order valence-corrected chi connectivity index (χ2v) is 6.46. The van der Waals surface area contributed by atoms with E-state index in [-0.39, 0.29) is 17.1 Å². The minimum Gasteiger partial charge on any atom is -0.478 e. The molecule has 0 aliphatic rings. The smallest absolute Gasteiger partial charge is 0.337 e. The first-order valence-corrected chi connectivity index (χ1v) is 8.97. The van der Waals surface area contributed by atoms with Gasteiger partial charge < -0.3 is 20.7 Å². The lowest BCUT2D eigenvalue weighted by Crippen LogP contribution is -2.08. The van der Waals surface area contributed by atoms with Crippen molar-refractivity contribution in [2.24, 2.45) is 0 Å². The molecule has 2 heterocycles. The molecule has 10 nitrogen and oxygen atoms in total. The molecule has 0 radical (unpaired) electrons. The van der Waals surface area contributed by atoms with E-state index >= 15 is 0 Å². The fourth-order valence-electron chi connectivity index (χ4n) is 2.96. The fourth-order valence-corrected chi connectivity index (χ4v) is 2.96. The number of nitrogens with one attached hydrogen (secondary N) is 1. The van der Waals surface area contributed by atoms with Crippen molar-refractivity contribution in [1.82, 2.24) is 9.55 Å². The van der Waals surface area contributed by atoms with E-state index in [0.29, 0.717) is 42.0 Å². The van der Waals surface area contributed by atoms with E-state index in [9.17, 15) is 20.0 Å². The number of benzene rings is 1. The number of carbonyl (C=O) groups is 1. The number of nitrogen functional groups attached to an aromatic ring is 1. The zero-order valence-corrected chi connectivity index (χ0v) is 15.8. The third-order valence-electron chi connectivity index (χ3n) is 4.43. The van der Waals surface area contributed by atoms with Crippen molar-refractivity contribution in [2.75, 3.05) is 17.6 Å². The van der Waals surface area contributed by atoms with Gasteiger partial charge in [-0.25, -0.2) is 9.78 Å². The van der Waals surface area contributed by atoms with Crippen molar-refractivity contribution >= 4 is 23.3 Å². The monoisotopic (exact) mass is 406 g/mol. The highest BCUT2D eigenvalue weighted by Gasteiger charge is 2.15. The first-order valence-electron chi connectivity index (χ1n) is 8.97. The molecule has 152 valence electrons. The summed E-state index contributed by atoms with van der Waals surface area (Å²) in [5.74, 6) is -0.763. The summed E-state index contributed by atoms with van der Waals surface area (Å²) >= 11 is 0. The van der Waals surface area contributed by atoms with Gasteiger partial charge in [0.25, 0.3) is 0 Å². The topological polar surface area (TPSA) is 160 Å². The van der Waals surface area contributed by atoms with Crippen LogP contribution in [0.3, 0.4) is 0 Å². The van der Waals surface area contributed by atoms with Gasteiger partial charge in [0, 0.05) is 37.1 Å². The third-order valence-corrected chi connectivity index (χ3v) is 4.43. The Kier molecular flexibility index (Phi) is 5.93. The van der Waals surface area contributed by atoms with Gasteiger partial charge in [-0.3, -0.25) is 10.1 Å². The fraction of sp³-hybridized carbons (Fsp3) is 0.150. The lowest BCUT2D eigenvalue weighted by atomic mass is 10.0. The average molecular weight is 406 g/mol. The third kappa shape index (κ3) is 4.53. The maximum Gasteiger partial charge on any atom is 0.337 e. The molecule has 10 heteroatoms. The molecule has 2 aromatic heterocycles. The normalized spacial score (nSPS) is 10.4. The van der Waals surface area contributed by atoms with Crippen molar-refractivity contribution in [3.63, 3.8) is 0 Å². The number of anilines is 2. The predicted molar refractivity (Wildman–Crippen MR) is 110 cm³/mol. The van der Waals surface area contributed by atoms with Crippen LogP contribution in [-0.2, 0) is 6.54 Å². The first kappa shape index (κ1) is 20.3. The van der Waals surface area contributed by atoms with Crippen molar-refractivity contribution in [2.45, 2.75) is 13.0 Å². The number of nitrogens with zero attached hydrogens (tertiary/aromatic N) is 4. The molecular formula is C20H18N6O4. The minimum atomic E-state index is -1.03. The van der Waals surface area contributed by atoms with Crippen LogP contribution in [0.4, 0.5) is 17.3 Å². The van der Waals surface area contributed by atoms with Crippen LogP contribution < -0.4 is 11.1 Å². The number of aromatic carboxylic acids is 1. The Morgan fingerprint density at radius 3 is 2.60 bits per heavy atom. The summed E-state index contributed by atoms with van der Waals surface area (Å²) in [6.07, 6.45) is 3.98. The van der Waals surface area contributed by atoms with Gasteiger partial charge in [-0.05, 0) is 30.2 Å². The number of nitriles is 1. The lowest BCUT2D eigenvalue weighted by molar-refractivity contribution is -0.384. The van der Waals surface area contributed by atoms with Gasteiger partial charge in [0.05, 0.1) is 22.1 Å². The molecule has 0 fully saturated rings. The first-order chi connectivity index (χ1) is 14.4. The molecule has 0 aliphatic heterocycles. The number of carboxylic acids is 1. The molecule has 0 saturated heterocycles. The number of hydrogen-bond donors (Lipinski definition) is 3. The van der Waals surface area contributed by atoms with Crippen molar-refractivity contribution in [1.29, 1.82) is 5.26 Å². The largest absolute Gasteiger partial charge is 0.478 e. The van der Waals surface area contributed by atoms with Gasteiger partial charge in [-0.15, -0.1) is 0 Å². The molecule has 30 heavy (non-hydrogen) atoms. The van der Waals surface area contributed by atoms with Gasteiger partial charge in [-0.2, -0.15) is 5.26 Å². The second kappa shape index (κ2) is 8.74. The summed E-state index contributed by atoms with van der Waals surface area (Å²) in [6, 6.07) is 11.5. The number of pyridine rings is 1. The standard InChI is InChI=1S/C20H18N6O4/c21-10-13-2-4-14(5-3-13)15-11-25(12-16(15)20(27)28)9-1-8-23-18-7-6-17(26(29)30)19(22)24-18/h2-7,11-12H,1,8-9H2,(H,27,28)(H3,22,23,24). The molecule has 3 aromatic rings. The van der Waals surface area contributed by atoms with E-state index < -0.39 is 10.9 Å². The van der Waals surface area contributed by atoms with Gasteiger partial charge in [-0.1, -0.05) is 12.1 Å². The van der Waals surface area contributed by atoms with E-state index in [4.69, 9.17) is 11.0 Å². The van der Waals surface area contributed by atoms with Crippen LogP contribution in [0.2, 0.25) is 0 Å². The Morgan fingerprint density at radius 1 is 1.27 bits per heavy atom. The Labute approximate surface area is 171 Å². The Morgan fingerprint density at radius 2 is 2.00 bits per heavy atom. The highest BCUT2D eigenvalue weighted by Crippen LogP contribution is 2.26. The number of hydrogen-bond acceptors (Lipinski definition) is 7. The molecule has 0 aliphatic carbocycles. The van der Waals surface area contributed by atoms with E-state index in [2.05, 4.69) is 10.3 Å². The van der Waals surface area contributed by atoms with Crippen molar-refractivity contribution in [3.05, 3.63) is 70.0 Å². The molecule has 0 bridgehead atoms. The number of rotatable bonds is 8. The highest BCUT2D eigenvalue weighted by molar-refractivity contribution is 5.96. The zero-order valence-electron chi connectivity index (χ0n) is 15.8. The predicted octanol–water partition coefficient (Wildman–Crippen LogP) is 3.11. The Bertz CT molecular complexity index is 1130. The quantitative estimate of drug-likeness (QED) is 0.292. The summed E-state index contributed by atoms with van der Waals surface area (Å²) in [6.45, 7) is 1.06. The number of nitrogens with two attached hydrogens (primary N) is 1. The zero-order chi connectivity index (χ0) is 21.7.